The molecule has 0 spiro atoms. The summed E-state index contributed by atoms with van der Waals surface area (Å²) in [6, 6.07) is 2.30. The quantitative estimate of drug-likeness (QED) is 0.507. The van der Waals surface area contributed by atoms with Crippen LogP contribution in [-0.4, -0.2) is 24.5 Å². The first-order chi connectivity index (χ1) is 11.3. The molecule has 3 N–H and O–H groups in total. The second-order valence-corrected chi connectivity index (χ2v) is 11.6. The highest BCUT2D eigenvalue weighted by molar-refractivity contribution is 6.69. The molecule has 1 heterocycles. The van der Waals surface area contributed by atoms with Crippen LogP contribution in [-0.2, 0) is 10.0 Å². The lowest BCUT2D eigenvalue weighted by Crippen LogP contribution is -2.48. The molecule has 0 bridgehead atoms. The lowest BCUT2D eigenvalue weighted by Gasteiger charge is -2.38. The van der Waals surface area contributed by atoms with Gasteiger partial charge in [-0.2, -0.15) is 13.2 Å². The molecule has 25 heavy (non-hydrogen) atoms. The van der Waals surface area contributed by atoms with E-state index in [-0.39, 0.29) is 21.3 Å². The van der Waals surface area contributed by atoms with Gasteiger partial charge in [0.2, 0.25) is 0 Å². The fourth-order valence-electron chi connectivity index (χ4n) is 1.97. The highest BCUT2D eigenvalue weighted by Crippen LogP contribution is 2.46. The molecule has 1 aromatic carbocycles. The second kappa shape index (κ2) is 7.99. The Balaban J connectivity index is 0.000000531. The minimum Gasteiger partial charge on any atom is -0.401 e. The van der Waals surface area contributed by atoms with E-state index in [9.17, 15) is 13.2 Å². The first-order valence-electron chi connectivity index (χ1n) is 7.22. The van der Waals surface area contributed by atoms with Crippen LogP contribution in [0.5, 0.6) is 0 Å². The summed E-state index contributed by atoms with van der Waals surface area (Å²) in [5.74, 6) is 0. The molecule has 1 aromatic heterocycles. The number of rotatable bonds is 3. The molecule has 0 aliphatic rings. The van der Waals surface area contributed by atoms with Crippen LogP contribution in [0.4, 0.5) is 18.9 Å². The lowest BCUT2D eigenvalue weighted by molar-refractivity contribution is -0.250. The fourth-order valence-corrected chi connectivity index (χ4v) is 3.91. The van der Waals surface area contributed by atoms with Crippen LogP contribution >= 0.6 is 23.2 Å². The van der Waals surface area contributed by atoms with Crippen molar-refractivity contribution in [1.29, 1.82) is 0 Å². The van der Waals surface area contributed by atoms with Crippen LogP contribution in [0.25, 0.3) is 0 Å². The standard InChI is InChI=1S/C12H16Cl2F3NOSi.C3H4N2/c1-11(12(15,16)17,19-20(2,3)4)7-5-8(13)10(18)9(14)6-7;1-2-5-3-4-1/h5-6H,18H2,1-4H3;1-3H,(H,4,5). The molecule has 1 atom stereocenters. The maximum atomic E-state index is 13.5. The van der Waals surface area contributed by atoms with Crippen molar-refractivity contribution in [3.05, 3.63) is 46.5 Å². The van der Waals surface area contributed by atoms with Gasteiger partial charge in [0.15, 0.2) is 13.9 Å². The SMILES string of the molecule is CC(O[Si](C)(C)C)(c1cc(Cl)c(N)c(Cl)c1)C(F)(F)F.c1c[nH]cn1. The Hall–Kier alpha value is -1.22. The van der Waals surface area contributed by atoms with Gasteiger partial charge in [-0.3, -0.25) is 0 Å². The summed E-state index contributed by atoms with van der Waals surface area (Å²) < 4.78 is 45.8. The number of halogens is 5. The zero-order valence-electron chi connectivity index (χ0n) is 14.2. The highest BCUT2D eigenvalue weighted by Gasteiger charge is 2.55. The summed E-state index contributed by atoms with van der Waals surface area (Å²) in [5, 5.41) is -0.0516. The van der Waals surface area contributed by atoms with Gasteiger partial charge in [0.1, 0.15) is 0 Å². The van der Waals surface area contributed by atoms with Crippen LogP contribution in [0, 0.1) is 0 Å². The molecule has 1 unspecified atom stereocenters. The van der Waals surface area contributed by atoms with Crippen molar-refractivity contribution in [2.24, 2.45) is 0 Å². The third-order valence-corrected chi connectivity index (χ3v) is 4.73. The van der Waals surface area contributed by atoms with Crippen molar-refractivity contribution in [3.8, 4) is 0 Å². The molecular formula is C15H20Cl2F3N3OSi. The molecule has 0 saturated heterocycles. The molecule has 0 amide bonds. The van der Waals surface area contributed by atoms with Gasteiger partial charge in [0, 0.05) is 12.4 Å². The Morgan fingerprint density at radius 1 is 1.16 bits per heavy atom. The predicted octanol–water partition coefficient (Wildman–Crippen LogP) is 5.61. The number of hydrogen-bond donors (Lipinski definition) is 2. The van der Waals surface area contributed by atoms with Crippen molar-refractivity contribution in [2.75, 3.05) is 5.73 Å². The van der Waals surface area contributed by atoms with E-state index in [0.29, 0.717) is 0 Å². The Labute approximate surface area is 155 Å². The minimum atomic E-state index is -4.60. The van der Waals surface area contributed by atoms with Gasteiger partial charge in [0.05, 0.1) is 22.1 Å². The van der Waals surface area contributed by atoms with E-state index in [1.165, 1.54) is 0 Å². The van der Waals surface area contributed by atoms with Gasteiger partial charge in [-0.1, -0.05) is 23.2 Å². The van der Waals surface area contributed by atoms with Crippen LogP contribution in [0.3, 0.4) is 0 Å². The number of aromatic amines is 1. The van der Waals surface area contributed by atoms with Gasteiger partial charge in [-0.25, -0.2) is 4.98 Å². The number of nitrogens with two attached hydrogens (primary N) is 1. The van der Waals surface area contributed by atoms with Gasteiger partial charge in [-0.05, 0) is 44.3 Å². The lowest BCUT2D eigenvalue weighted by atomic mass is 9.95. The largest absolute Gasteiger partial charge is 0.420 e. The number of anilines is 1. The number of benzene rings is 1. The highest BCUT2D eigenvalue weighted by atomic mass is 35.5. The van der Waals surface area contributed by atoms with E-state index in [1.54, 1.807) is 38.4 Å². The molecule has 0 radical (unpaired) electrons. The van der Waals surface area contributed by atoms with E-state index in [2.05, 4.69) is 9.97 Å². The molecule has 0 fully saturated rings. The zero-order valence-corrected chi connectivity index (χ0v) is 16.7. The van der Waals surface area contributed by atoms with Crippen LogP contribution < -0.4 is 5.73 Å². The summed E-state index contributed by atoms with van der Waals surface area (Å²) in [6.07, 6.45) is 0.482. The zero-order chi connectivity index (χ0) is 19.5. The summed E-state index contributed by atoms with van der Waals surface area (Å²) in [4.78, 5) is 6.42. The molecule has 140 valence electrons. The first-order valence-corrected chi connectivity index (χ1v) is 11.4. The number of nitrogens with zero attached hydrogens (tertiary/aromatic N) is 1. The maximum Gasteiger partial charge on any atom is 0.420 e. The fraction of sp³-hybridized carbons (Fsp3) is 0.400. The number of alkyl halides is 3. The summed E-state index contributed by atoms with van der Waals surface area (Å²) in [5.41, 5.74) is 2.97. The third-order valence-electron chi connectivity index (χ3n) is 3.09. The molecule has 10 heteroatoms. The monoisotopic (exact) mass is 413 g/mol. The van der Waals surface area contributed by atoms with E-state index in [4.69, 9.17) is 33.4 Å². The second-order valence-electron chi connectivity index (χ2n) is 6.36. The van der Waals surface area contributed by atoms with Crippen LogP contribution in [0.1, 0.15) is 12.5 Å². The normalized spacial score (nSPS) is 14.4. The number of hydrogen-bond acceptors (Lipinski definition) is 3. The van der Waals surface area contributed by atoms with Crippen LogP contribution in [0.2, 0.25) is 29.7 Å². The molecule has 2 rings (SSSR count). The average molecular weight is 414 g/mol. The van der Waals surface area contributed by atoms with Gasteiger partial charge in [0.25, 0.3) is 0 Å². The van der Waals surface area contributed by atoms with E-state index in [1.807, 2.05) is 0 Å². The Bertz CT molecular complexity index is 650. The number of aromatic nitrogens is 2. The smallest absolute Gasteiger partial charge is 0.401 e. The Morgan fingerprint density at radius 3 is 1.96 bits per heavy atom. The molecule has 0 saturated carbocycles. The maximum absolute atomic E-state index is 13.5. The number of nitrogen functional groups attached to an aromatic ring is 1. The molecular weight excluding hydrogens is 394 g/mol. The number of H-pyrrole nitrogens is 1. The summed E-state index contributed by atoms with van der Waals surface area (Å²) >= 11 is 11.7. The number of nitrogens with one attached hydrogen (secondary N) is 1. The van der Waals surface area contributed by atoms with Crippen molar-refractivity contribution in [3.63, 3.8) is 0 Å². The van der Waals surface area contributed by atoms with Crippen molar-refractivity contribution in [2.45, 2.75) is 38.3 Å². The predicted molar refractivity (Wildman–Crippen MR) is 97.3 cm³/mol. The average Bonchev–Trinajstić information content (AvgIpc) is 3.00. The van der Waals surface area contributed by atoms with E-state index < -0.39 is 20.1 Å². The number of imidazole rings is 1. The van der Waals surface area contributed by atoms with Gasteiger partial charge in [-0.15, -0.1) is 0 Å². The Morgan fingerprint density at radius 2 is 1.68 bits per heavy atom. The molecule has 2 aromatic rings. The first kappa shape index (κ1) is 21.8. The molecule has 0 aliphatic carbocycles. The van der Waals surface area contributed by atoms with Crippen molar-refractivity contribution < 1.29 is 17.6 Å². The summed E-state index contributed by atoms with van der Waals surface area (Å²) in [7, 11) is -2.47. The van der Waals surface area contributed by atoms with Gasteiger partial charge >= 0.3 is 6.18 Å². The van der Waals surface area contributed by atoms with E-state index >= 15 is 0 Å². The summed E-state index contributed by atoms with van der Waals surface area (Å²) in [6.45, 7) is 6.01. The Kier molecular flexibility index (Phi) is 6.97. The van der Waals surface area contributed by atoms with Crippen molar-refractivity contribution in [1.82, 2.24) is 9.97 Å². The van der Waals surface area contributed by atoms with Crippen LogP contribution in [0.15, 0.2) is 30.9 Å². The third kappa shape index (κ3) is 5.91. The minimum absolute atomic E-state index is 0.0258. The molecule has 0 aliphatic heterocycles. The molecule has 4 nitrogen and oxygen atoms in total. The van der Waals surface area contributed by atoms with Crippen molar-refractivity contribution >= 4 is 37.2 Å². The topological polar surface area (TPSA) is 63.9 Å². The van der Waals surface area contributed by atoms with E-state index in [0.717, 1.165) is 19.1 Å². The van der Waals surface area contributed by atoms with Gasteiger partial charge < -0.3 is 15.1 Å².